The second-order valence-electron chi connectivity index (χ2n) is 7.00. The fraction of sp³-hybridized carbons (Fsp3) is 0.350. The zero-order valence-electron chi connectivity index (χ0n) is 14.3. The van der Waals surface area contributed by atoms with E-state index in [9.17, 15) is 5.21 Å². The molecule has 1 aliphatic rings. The Balaban J connectivity index is 1.94. The Morgan fingerprint density at radius 2 is 1.61 bits per heavy atom. The number of hydrogen-bond donors (Lipinski definition) is 0. The molecule has 120 valence electrons. The SMILES string of the molecule is CN(C)c1ccc(C2CC(c3ccccc3)=[N+]([O-])C2(C)C)cc1. The maximum absolute atomic E-state index is 12.9. The zero-order chi connectivity index (χ0) is 16.6. The van der Waals surface area contributed by atoms with Crippen molar-refractivity contribution in [2.24, 2.45) is 0 Å². The molecular weight excluding hydrogens is 284 g/mol. The van der Waals surface area contributed by atoms with Crippen LogP contribution in [0.25, 0.3) is 0 Å². The molecule has 23 heavy (non-hydrogen) atoms. The van der Waals surface area contributed by atoms with Crippen LogP contribution < -0.4 is 4.90 Å². The fourth-order valence-corrected chi connectivity index (χ4v) is 3.41. The first-order valence-corrected chi connectivity index (χ1v) is 8.07. The van der Waals surface area contributed by atoms with Gasteiger partial charge >= 0.3 is 0 Å². The van der Waals surface area contributed by atoms with E-state index in [0.717, 1.165) is 17.7 Å². The normalized spacial score (nSPS) is 19.9. The van der Waals surface area contributed by atoms with Gasteiger partial charge in [0.2, 0.25) is 0 Å². The van der Waals surface area contributed by atoms with Crippen LogP contribution in [0.3, 0.4) is 0 Å². The van der Waals surface area contributed by atoms with Crippen LogP contribution in [0.15, 0.2) is 54.6 Å². The van der Waals surface area contributed by atoms with Gasteiger partial charge in [-0.25, -0.2) is 4.74 Å². The quantitative estimate of drug-likeness (QED) is 0.633. The van der Waals surface area contributed by atoms with Crippen molar-refractivity contribution in [1.82, 2.24) is 0 Å². The molecule has 0 radical (unpaired) electrons. The van der Waals surface area contributed by atoms with E-state index in [2.05, 4.69) is 29.2 Å². The molecule has 0 saturated heterocycles. The van der Waals surface area contributed by atoms with E-state index in [4.69, 9.17) is 0 Å². The molecule has 0 bridgehead atoms. The molecule has 1 aliphatic heterocycles. The van der Waals surface area contributed by atoms with E-state index in [1.54, 1.807) is 0 Å². The molecule has 3 heteroatoms. The first-order valence-electron chi connectivity index (χ1n) is 8.07. The molecule has 0 aliphatic carbocycles. The van der Waals surface area contributed by atoms with Gasteiger partial charge < -0.3 is 10.1 Å². The van der Waals surface area contributed by atoms with Crippen LogP contribution in [0.5, 0.6) is 0 Å². The molecular formula is C20H24N2O. The standard InChI is InChI=1S/C20H24N2O/c1-20(2)18(15-10-12-17(13-11-15)21(3)4)14-19(22(20)23)16-8-6-5-7-9-16/h5-13,18H,14H2,1-4H3. The lowest BCUT2D eigenvalue weighted by Crippen LogP contribution is -2.34. The lowest BCUT2D eigenvalue weighted by atomic mass is 9.81. The molecule has 1 heterocycles. The highest BCUT2D eigenvalue weighted by Gasteiger charge is 2.47. The lowest BCUT2D eigenvalue weighted by molar-refractivity contribution is -0.534. The van der Waals surface area contributed by atoms with Crippen LogP contribution in [0, 0.1) is 5.21 Å². The van der Waals surface area contributed by atoms with Crippen LogP contribution >= 0.6 is 0 Å². The molecule has 0 spiro atoms. The van der Waals surface area contributed by atoms with Crippen LogP contribution in [0.2, 0.25) is 0 Å². The minimum Gasteiger partial charge on any atom is -0.623 e. The smallest absolute Gasteiger partial charge is 0.195 e. The highest BCUT2D eigenvalue weighted by Crippen LogP contribution is 2.40. The molecule has 0 N–H and O–H groups in total. The average Bonchev–Trinajstić information content (AvgIpc) is 2.79. The van der Waals surface area contributed by atoms with Gasteiger partial charge in [0.1, 0.15) is 0 Å². The fourth-order valence-electron chi connectivity index (χ4n) is 3.41. The number of hydrogen-bond acceptors (Lipinski definition) is 2. The summed E-state index contributed by atoms with van der Waals surface area (Å²) >= 11 is 0. The van der Waals surface area contributed by atoms with E-state index >= 15 is 0 Å². The molecule has 2 aromatic carbocycles. The molecule has 0 saturated carbocycles. The van der Waals surface area contributed by atoms with Gasteiger partial charge in [0, 0.05) is 45.6 Å². The Morgan fingerprint density at radius 3 is 2.17 bits per heavy atom. The van der Waals surface area contributed by atoms with Crippen molar-refractivity contribution in [2.45, 2.75) is 31.7 Å². The summed E-state index contributed by atoms with van der Waals surface area (Å²) in [6, 6.07) is 18.6. The number of hydroxylamine groups is 1. The summed E-state index contributed by atoms with van der Waals surface area (Å²) in [4.78, 5) is 2.09. The van der Waals surface area contributed by atoms with Crippen molar-refractivity contribution >= 4 is 11.4 Å². The first kappa shape index (κ1) is 15.6. The number of rotatable bonds is 3. The highest BCUT2D eigenvalue weighted by atomic mass is 16.5. The summed E-state index contributed by atoms with van der Waals surface area (Å²) in [6.45, 7) is 4.08. The second kappa shape index (κ2) is 5.73. The summed E-state index contributed by atoms with van der Waals surface area (Å²) in [5.41, 5.74) is 3.88. The van der Waals surface area contributed by atoms with Gasteiger partial charge in [-0.2, -0.15) is 0 Å². The van der Waals surface area contributed by atoms with Gasteiger partial charge in [0.25, 0.3) is 0 Å². The first-order chi connectivity index (χ1) is 10.9. The van der Waals surface area contributed by atoms with Gasteiger partial charge in [-0.05, 0) is 29.8 Å². The van der Waals surface area contributed by atoms with E-state index in [1.807, 2.05) is 58.3 Å². The third kappa shape index (κ3) is 2.72. The number of nitrogens with zero attached hydrogens (tertiary/aromatic N) is 2. The van der Waals surface area contributed by atoms with Gasteiger partial charge in [-0.15, -0.1) is 0 Å². The molecule has 1 atom stereocenters. The predicted octanol–water partition coefficient (Wildman–Crippen LogP) is 4.02. The van der Waals surface area contributed by atoms with Crippen molar-refractivity contribution in [2.75, 3.05) is 19.0 Å². The maximum atomic E-state index is 12.9. The van der Waals surface area contributed by atoms with Crippen molar-refractivity contribution in [3.63, 3.8) is 0 Å². The minimum atomic E-state index is -0.440. The third-order valence-electron chi connectivity index (χ3n) is 4.94. The summed E-state index contributed by atoms with van der Waals surface area (Å²) < 4.78 is 1.22. The summed E-state index contributed by atoms with van der Waals surface area (Å²) in [6.07, 6.45) is 0.780. The van der Waals surface area contributed by atoms with E-state index in [-0.39, 0.29) is 5.92 Å². The van der Waals surface area contributed by atoms with Crippen LogP contribution in [0.1, 0.15) is 37.3 Å². The Bertz CT molecular complexity index is 715. The van der Waals surface area contributed by atoms with Gasteiger partial charge in [-0.3, -0.25) is 0 Å². The van der Waals surface area contributed by atoms with E-state index in [0.29, 0.717) is 0 Å². The molecule has 3 rings (SSSR count). The van der Waals surface area contributed by atoms with E-state index in [1.165, 1.54) is 16.0 Å². The van der Waals surface area contributed by atoms with Gasteiger partial charge in [-0.1, -0.05) is 30.3 Å². The number of benzene rings is 2. The van der Waals surface area contributed by atoms with Crippen molar-refractivity contribution in [3.05, 3.63) is 70.9 Å². The van der Waals surface area contributed by atoms with Crippen molar-refractivity contribution < 1.29 is 4.74 Å². The predicted molar refractivity (Wildman–Crippen MR) is 96.4 cm³/mol. The molecule has 0 fully saturated rings. The topological polar surface area (TPSA) is 29.3 Å². The number of anilines is 1. The Kier molecular flexibility index (Phi) is 3.88. The Labute approximate surface area is 138 Å². The van der Waals surface area contributed by atoms with Crippen LogP contribution in [-0.4, -0.2) is 30.1 Å². The van der Waals surface area contributed by atoms with Gasteiger partial charge in [0.05, 0.1) is 5.92 Å². The molecule has 2 aromatic rings. The Morgan fingerprint density at radius 1 is 1.00 bits per heavy atom. The molecule has 0 aromatic heterocycles. The third-order valence-corrected chi connectivity index (χ3v) is 4.94. The lowest BCUT2D eigenvalue weighted by Gasteiger charge is -2.26. The largest absolute Gasteiger partial charge is 0.623 e. The monoisotopic (exact) mass is 308 g/mol. The summed E-state index contributed by atoms with van der Waals surface area (Å²) in [5, 5.41) is 12.9. The highest BCUT2D eigenvalue weighted by molar-refractivity contribution is 5.98. The molecule has 1 unspecified atom stereocenters. The van der Waals surface area contributed by atoms with Crippen molar-refractivity contribution in [1.29, 1.82) is 0 Å². The molecule has 0 amide bonds. The zero-order valence-corrected chi connectivity index (χ0v) is 14.3. The summed E-state index contributed by atoms with van der Waals surface area (Å²) in [7, 11) is 4.07. The maximum Gasteiger partial charge on any atom is 0.195 e. The summed E-state index contributed by atoms with van der Waals surface area (Å²) in [5.74, 6) is 0.200. The van der Waals surface area contributed by atoms with Crippen LogP contribution in [0.4, 0.5) is 5.69 Å². The van der Waals surface area contributed by atoms with Gasteiger partial charge in [0.15, 0.2) is 11.3 Å². The second-order valence-corrected chi connectivity index (χ2v) is 7.00. The van der Waals surface area contributed by atoms with Crippen LogP contribution in [-0.2, 0) is 0 Å². The Hall–Kier alpha value is -2.29. The van der Waals surface area contributed by atoms with E-state index < -0.39 is 5.54 Å². The van der Waals surface area contributed by atoms with Crippen molar-refractivity contribution in [3.8, 4) is 0 Å². The minimum absolute atomic E-state index is 0.200. The molecule has 3 nitrogen and oxygen atoms in total. The average molecular weight is 308 g/mol.